The maximum atomic E-state index is 13.2. The zero-order valence-corrected chi connectivity index (χ0v) is 13.7. The van der Waals surface area contributed by atoms with Gasteiger partial charge in [0.1, 0.15) is 5.82 Å². The van der Waals surface area contributed by atoms with Gasteiger partial charge in [-0.1, -0.05) is 22.0 Å². The van der Waals surface area contributed by atoms with E-state index in [0.717, 1.165) is 12.1 Å². The third-order valence-corrected chi connectivity index (χ3v) is 4.59. The van der Waals surface area contributed by atoms with Gasteiger partial charge in [-0.25, -0.2) is 17.6 Å². The van der Waals surface area contributed by atoms with Crippen LogP contribution in [0.2, 0.25) is 0 Å². The smallest absolute Gasteiger partial charge is 0.340 e. The van der Waals surface area contributed by atoms with E-state index in [1.165, 1.54) is 31.4 Å². The van der Waals surface area contributed by atoms with E-state index < -0.39 is 21.8 Å². The lowest BCUT2D eigenvalue weighted by Crippen LogP contribution is -2.16. The summed E-state index contributed by atoms with van der Waals surface area (Å²) in [5.41, 5.74) is 0.0798. The molecule has 2 aromatic rings. The Kier molecular flexibility index (Phi) is 4.82. The van der Waals surface area contributed by atoms with Gasteiger partial charge in [0.05, 0.1) is 23.3 Å². The number of carbonyl (C=O) groups excluding carboxylic acids is 1. The first-order chi connectivity index (χ1) is 10.3. The maximum Gasteiger partial charge on any atom is 0.340 e. The van der Waals surface area contributed by atoms with Crippen LogP contribution in [0.15, 0.2) is 51.8 Å². The number of ether oxygens (including phenoxy) is 1. The Balaban J connectivity index is 2.44. The molecule has 0 saturated heterocycles. The Morgan fingerprint density at radius 2 is 1.95 bits per heavy atom. The number of nitrogens with one attached hydrogen (secondary N) is 1. The van der Waals surface area contributed by atoms with E-state index in [0.29, 0.717) is 4.47 Å². The first-order valence-corrected chi connectivity index (χ1v) is 8.27. The molecule has 0 saturated carbocycles. The Labute approximate surface area is 135 Å². The predicted octanol–water partition coefficient (Wildman–Crippen LogP) is 3.18. The molecular formula is C14H11BrFNO4S. The Hall–Kier alpha value is -1.93. The number of benzene rings is 2. The van der Waals surface area contributed by atoms with Gasteiger partial charge in [-0.2, -0.15) is 0 Å². The normalized spacial score (nSPS) is 11.0. The van der Waals surface area contributed by atoms with Crippen LogP contribution in [-0.2, 0) is 14.8 Å². The minimum absolute atomic E-state index is 0.0388. The van der Waals surface area contributed by atoms with E-state index in [2.05, 4.69) is 25.4 Å². The van der Waals surface area contributed by atoms with Crippen LogP contribution >= 0.6 is 15.9 Å². The van der Waals surface area contributed by atoms with Gasteiger partial charge in [0.25, 0.3) is 10.0 Å². The van der Waals surface area contributed by atoms with Crippen LogP contribution in [-0.4, -0.2) is 21.5 Å². The average Bonchev–Trinajstić information content (AvgIpc) is 2.48. The van der Waals surface area contributed by atoms with Gasteiger partial charge in [-0.3, -0.25) is 4.72 Å². The minimum Gasteiger partial charge on any atom is -0.465 e. The fourth-order valence-electron chi connectivity index (χ4n) is 1.72. The fourth-order valence-corrected chi connectivity index (χ4v) is 3.19. The molecule has 2 rings (SSSR count). The van der Waals surface area contributed by atoms with Crippen molar-refractivity contribution >= 4 is 37.6 Å². The van der Waals surface area contributed by atoms with Crippen molar-refractivity contribution < 1.29 is 22.3 Å². The molecule has 0 heterocycles. The Morgan fingerprint density at radius 3 is 2.59 bits per heavy atom. The van der Waals surface area contributed by atoms with Crippen molar-refractivity contribution in [1.29, 1.82) is 0 Å². The van der Waals surface area contributed by atoms with Gasteiger partial charge in [0.2, 0.25) is 0 Å². The van der Waals surface area contributed by atoms with E-state index in [9.17, 15) is 17.6 Å². The van der Waals surface area contributed by atoms with Crippen molar-refractivity contribution in [2.45, 2.75) is 4.90 Å². The van der Waals surface area contributed by atoms with Gasteiger partial charge in [-0.15, -0.1) is 0 Å². The third kappa shape index (κ3) is 3.63. The molecule has 0 spiro atoms. The quantitative estimate of drug-likeness (QED) is 0.817. The molecule has 1 N–H and O–H groups in total. The summed E-state index contributed by atoms with van der Waals surface area (Å²) >= 11 is 3.19. The highest BCUT2D eigenvalue weighted by molar-refractivity contribution is 9.10. The molecular weight excluding hydrogens is 377 g/mol. The lowest BCUT2D eigenvalue weighted by Gasteiger charge is -2.12. The molecule has 0 aliphatic heterocycles. The summed E-state index contributed by atoms with van der Waals surface area (Å²) < 4.78 is 45.2. The molecule has 8 heteroatoms. The van der Waals surface area contributed by atoms with Crippen molar-refractivity contribution in [1.82, 2.24) is 0 Å². The highest BCUT2D eigenvalue weighted by Gasteiger charge is 2.20. The van der Waals surface area contributed by atoms with E-state index in [4.69, 9.17) is 0 Å². The first-order valence-electron chi connectivity index (χ1n) is 6.00. The maximum absolute atomic E-state index is 13.2. The monoisotopic (exact) mass is 387 g/mol. The van der Waals surface area contributed by atoms with Crippen molar-refractivity contribution in [3.63, 3.8) is 0 Å². The number of hydrogen-bond acceptors (Lipinski definition) is 4. The molecule has 0 radical (unpaired) electrons. The van der Waals surface area contributed by atoms with Crippen molar-refractivity contribution in [2.24, 2.45) is 0 Å². The van der Waals surface area contributed by atoms with Crippen molar-refractivity contribution in [3.05, 3.63) is 58.3 Å². The van der Waals surface area contributed by atoms with Gasteiger partial charge in [-0.05, 0) is 36.4 Å². The summed E-state index contributed by atoms with van der Waals surface area (Å²) in [4.78, 5) is 11.5. The molecule has 5 nitrogen and oxygen atoms in total. The number of anilines is 1. The largest absolute Gasteiger partial charge is 0.465 e. The fraction of sp³-hybridized carbons (Fsp3) is 0.0714. The molecule has 0 atom stereocenters. The molecule has 0 aliphatic rings. The lowest BCUT2D eigenvalue weighted by atomic mass is 10.2. The van der Waals surface area contributed by atoms with Crippen LogP contribution in [0.3, 0.4) is 0 Å². The van der Waals surface area contributed by atoms with E-state index >= 15 is 0 Å². The predicted molar refractivity (Wildman–Crippen MR) is 82.7 cm³/mol. The standard InChI is InChI=1S/C14H11BrFNO4S/c1-21-14(18)12-7-9(15)5-6-13(12)17-22(19,20)11-4-2-3-10(16)8-11/h2-8,17H,1H3. The average molecular weight is 388 g/mol. The number of halogens is 2. The molecule has 0 amide bonds. The van der Waals surface area contributed by atoms with Crippen LogP contribution in [0.25, 0.3) is 0 Å². The van der Waals surface area contributed by atoms with Gasteiger partial charge < -0.3 is 4.74 Å². The molecule has 116 valence electrons. The van der Waals surface area contributed by atoms with Crippen molar-refractivity contribution in [3.8, 4) is 0 Å². The van der Waals surface area contributed by atoms with E-state index in [1.807, 2.05) is 0 Å². The topological polar surface area (TPSA) is 72.5 Å². The van der Waals surface area contributed by atoms with Crippen molar-refractivity contribution in [2.75, 3.05) is 11.8 Å². The molecule has 0 bridgehead atoms. The third-order valence-electron chi connectivity index (χ3n) is 2.74. The number of esters is 1. The van der Waals surface area contributed by atoms with Gasteiger partial charge in [0.15, 0.2) is 0 Å². The minimum atomic E-state index is -4.03. The zero-order chi connectivity index (χ0) is 16.3. The molecule has 0 aliphatic carbocycles. The zero-order valence-electron chi connectivity index (χ0n) is 11.3. The number of methoxy groups -OCH3 is 1. The summed E-state index contributed by atoms with van der Waals surface area (Å²) in [6.45, 7) is 0. The van der Waals surface area contributed by atoms with Crippen LogP contribution in [0.4, 0.5) is 10.1 Å². The summed E-state index contributed by atoms with van der Waals surface area (Å²) in [6, 6.07) is 8.96. The first kappa shape index (κ1) is 16.4. The van der Waals surface area contributed by atoms with Crippen LogP contribution in [0.1, 0.15) is 10.4 Å². The number of sulfonamides is 1. The second kappa shape index (κ2) is 6.45. The highest BCUT2D eigenvalue weighted by atomic mass is 79.9. The number of rotatable bonds is 4. The molecule has 2 aromatic carbocycles. The van der Waals surface area contributed by atoms with Gasteiger partial charge >= 0.3 is 5.97 Å². The van der Waals surface area contributed by atoms with Crippen LogP contribution in [0, 0.1) is 5.82 Å². The van der Waals surface area contributed by atoms with Crippen LogP contribution < -0.4 is 4.72 Å². The number of carbonyl (C=O) groups is 1. The van der Waals surface area contributed by atoms with Crippen LogP contribution in [0.5, 0.6) is 0 Å². The number of hydrogen-bond donors (Lipinski definition) is 1. The molecule has 0 fully saturated rings. The summed E-state index contributed by atoms with van der Waals surface area (Å²) in [6.07, 6.45) is 0. The Bertz CT molecular complexity index is 823. The SMILES string of the molecule is COC(=O)c1cc(Br)ccc1NS(=O)(=O)c1cccc(F)c1. The second-order valence-electron chi connectivity index (χ2n) is 4.24. The molecule has 0 unspecified atom stereocenters. The molecule has 0 aromatic heterocycles. The second-order valence-corrected chi connectivity index (χ2v) is 6.84. The summed E-state index contributed by atoms with van der Waals surface area (Å²) in [7, 11) is -2.84. The highest BCUT2D eigenvalue weighted by Crippen LogP contribution is 2.24. The van der Waals surface area contributed by atoms with E-state index in [1.54, 1.807) is 6.07 Å². The molecule has 22 heavy (non-hydrogen) atoms. The summed E-state index contributed by atoms with van der Waals surface area (Å²) in [5.74, 6) is -1.37. The summed E-state index contributed by atoms with van der Waals surface area (Å²) in [5, 5.41) is 0. The lowest BCUT2D eigenvalue weighted by molar-refractivity contribution is 0.0602. The van der Waals surface area contributed by atoms with Gasteiger partial charge in [0, 0.05) is 4.47 Å². The van der Waals surface area contributed by atoms with E-state index in [-0.39, 0.29) is 16.1 Å². The Morgan fingerprint density at radius 1 is 1.23 bits per heavy atom.